The van der Waals surface area contributed by atoms with Crippen LogP contribution in [0.5, 0.6) is 0 Å². The van der Waals surface area contributed by atoms with E-state index < -0.39 is 10.8 Å². The number of methoxy groups -OCH3 is 1. The van der Waals surface area contributed by atoms with Gasteiger partial charge in [0.1, 0.15) is 0 Å². The summed E-state index contributed by atoms with van der Waals surface area (Å²) in [6.45, 7) is 2.37. The Morgan fingerprint density at radius 2 is 2.24 bits per heavy atom. The second-order valence-corrected chi connectivity index (χ2v) is 4.55. The Morgan fingerprint density at radius 3 is 2.76 bits per heavy atom. The molecule has 0 saturated carbocycles. The average molecular weight is 296 g/mol. The van der Waals surface area contributed by atoms with Crippen LogP contribution < -0.4 is 16.6 Å². The Morgan fingerprint density at radius 1 is 1.52 bits per heavy atom. The highest BCUT2D eigenvalue weighted by molar-refractivity contribution is 6.00. The van der Waals surface area contributed by atoms with Crippen LogP contribution in [0, 0.1) is 10.1 Å². The zero-order valence-corrected chi connectivity index (χ0v) is 12.1. The molecule has 0 radical (unpaired) electrons. The highest BCUT2D eigenvalue weighted by Gasteiger charge is 2.19. The van der Waals surface area contributed by atoms with Gasteiger partial charge in [0.2, 0.25) is 0 Å². The van der Waals surface area contributed by atoms with Crippen LogP contribution >= 0.6 is 0 Å². The molecule has 0 spiro atoms. The molecule has 0 aromatic heterocycles. The summed E-state index contributed by atoms with van der Waals surface area (Å²) in [6, 6.07) is 3.72. The number of nitrogens with two attached hydrogens (primary N) is 1. The maximum atomic E-state index is 12.3. The number of nitro benzene ring substituents is 1. The topological polar surface area (TPSA) is 120 Å². The number of hydrogen-bond acceptors (Lipinski definition) is 6. The van der Waals surface area contributed by atoms with E-state index in [9.17, 15) is 14.9 Å². The van der Waals surface area contributed by atoms with Gasteiger partial charge in [0.25, 0.3) is 11.6 Å². The van der Waals surface area contributed by atoms with E-state index in [2.05, 4.69) is 10.7 Å². The van der Waals surface area contributed by atoms with E-state index in [4.69, 9.17) is 10.6 Å². The molecule has 1 atom stereocenters. The standard InChI is InChI=1S/C13H20N4O4/c1-3-4-9(8-21-2)15-13(18)11-7-10(17(19)20)5-6-12(11)16-14/h5-7,9,16H,3-4,8,14H2,1-2H3,(H,15,18). The largest absolute Gasteiger partial charge is 0.383 e. The van der Waals surface area contributed by atoms with Crippen LogP contribution in [0.15, 0.2) is 18.2 Å². The normalized spacial score (nSPS) is 11.8. The van der Waals surface area contributed by atoms with Gasteiger partial charge in [0, 0.05) is 19.2 Å². The van der Waals surface area contributed by atoms with E-state index in [-0.39, 0.29) is 17.3 Å². The number of carbonyl (C=O) groups is 1. The lowest BCUT2D eigenvalue weighted by Crippen LogP contribution is -2.38. The Bertz CT molecular complexity index is 501. The van der Waals surface area contributed by atoms with E-state index in [1.165, 1.54) is 18.2 Å². The molecule has 116 valence electrons. The fourth-order valence-electron chi connectivity index (χ4n) is 1.97. The highest BCUT2D eigenvalue weighted by atomic mass is 16.6. The van der Waals surface area contributed by atoms with Crippen molar-refractivity contribution in [3.8, 4) is 0 Å². The first-order chi connectivity index (χ1) is 10.0. The second-order valence-electron chi connectivity index (χ2n) is 4.55. The van der Waals surface area contributed by atoms with Gasteiger partial charge in [0.15, 0.2) is 0 Å². The Balaban J connectivity index is 2.98. The number of nitrogens with one attached hydrogen (secondary N) is 2. The van der Waals surface area contributed by atoms with Crippen LogP contribution in [0.4, 0.5) is 11.4 Å². The van der Waals surface area contributed by atoms with Gasteiger partial charge in [-0.25, -0.2) is 0 Å². The van der Waals surface area contributed by atoms with Gasteiger partial charge < -0.3 is 15.5 Å². The number of non-ortho nitro benzene ring substituents is 1. The maximum absolute atomic E-state index is 12.3. The van der Waals surface area contributed by atoms with Gasteiger partial charge in [-0.05, 0) is 12.5 Å². The van der Waals surface area contributed by atoms with Crippen LogP contribution in [0.3, 0.4) is 0 Å². The monoisotopic (exact) mass is 296 g/mol. The van der Waals surface area contributed by atoms with E-state index in [0.29, 0.717) is 12.3 Å². The molecule has 1 unspecified atom stereocenters. The van der Waals surface area contributed by atoms with Crippen molar-refractivity contribution in [1.82, 2.24) is 5.32 Å². The molecule has 0 aliphatic heterocycles. The molecule has 4 N–H and O–H groups in total. The van der Waals surface area contributed by atoms with Crippen molar-refractivity contribution in [3.63, 3.8) is 0 Å². The van der Waals surface area contributed by atoms with Crippen molar-refractivity contribution in [2.24, 2.45) is 5.84 Å². The van der Waals surface area contributed by atoms with Gasteiger partial charge in [-0.3, -0.25) is 20.8 Å². The summed E-state index contributed by atoms with van der Waals surface area (Å²) < 4.78 is 5.05. The predicted octanol–water partition coefficient (Wildman–Crippen LogP) is 1.43. The zero-order chi connectivity index (χ0) is 15.8. The maximum Gasteiger partial charge on any atom is 0.270 e. The van der Waals surface area contributed by atoms with Gasteiger partial charge in [-0.15, -0.1) is 0 Å². The van der Waals surface area contributed by atoms with Crippen molar-refractivity contribution in [2.75, 3.05) is 19.1 Å². The second kappa shape index (κ2) is 8.18. The summed E-state index contributed by atoms with van der Waals surface area (Å²) in [4.78, 5) is 22.5. The number of nitrogens with zero attached hydrogens (tertiary/aromatic N) is 1. The number of nitrogen functional groups attached to an aromatic ring is 1. The van der Waals surface area contributed by atoms with Gasteiger partial charge in [-0.1, -0.05) is 13.3 Å². The lowest BCUT2D eigenvalue weighted by atomic mass is 10.1. The SMILES string of the molecule is CCCC(COC)NC(=O)c1cc([N+](=O)[O-])ccc1NN. The first-order valence-corrected chi connectivity index (χ1v) is 6.58. The molecule has 1 aromatic rings. The number of hydrazine groups is 1. The molecular formula is C13H20N4O4. The summed E-state index contributed by atoms with van der Waals surface area (Å²) >= 11 is 0. The van der Waals surface area contributed by atoms with Gasteiger partial charge >= 0.3 is 0 Å². The quantitative estimate of drug-likeness (QED) is 0.379. The molecule has 8 nitrogen and oxygen atoms in total. The lowest BCUT2D eigenvalue weighted by molar-refractivity contribution is -0.384. The first kappa shape index (κ1) is 16.9. The lowest BCUT2D eigenvalue weighted by Gasteiger charge is -2.18. The van der Waals surface area contributed by atoms with Crippen molar-refractivity contribution < 1.29 is 14.5 Å². The van der Waals surface area contributed by atoms with Crippen LogP contribution in [0.1, 0.15) is 30.1 Å². The summed E-state index contributed by atoms with van der Waals surface area (Å²) in [7, 11) is 1.55. The fraction of sp³-hybridized carbons (Fsp3) is 0.462. The van der Waals surface area contributed by atoms with E-state index in [0.717, 1.165) is 12.8 Å². The number of amides is 1. The van der Waals surface area contributed by atoms with Gasteiger partial charge in [0.05, 0.1) is 28.8 Å². The molecule has 0 saturated heterocycles. The fourth-order valence-corrected chi connectivity index (χ4v) is 1.97. The van der Waals surface area contributed by atoms with Crippen molar-refractivity contribution in [3.05, 3.63) is 33.9 Å². The highest BCUT2D eigenvalue weighted by Crippen LogP contribution is 2.21. The third-order valence-corrected chi connectivity index (χ3v) is 2.95. The van der Waals surface area contributed by atoms with Crippen molar-refractivity contribution in [2.45, 2.75) is 25.8 Å². The molecule has 21 heavy (non-hydrogen) atoms. The molecule has 8 heteroatoms. The molecule has 0 bridgehead atoms. The van der Waals surface area contributed by atoms with E-state index >= 15 is 0 Å². The Labute approximate surface area is 122 Å². The molecule has 1 aromatic carbocycles. The van der Waals surface area contributed by atoms with Crippen molar-refractivity contribution >= 4 is 17.3 Å². The minimum atomic E-state index is -0.560. The number of benzene rings is 1. The molecule has 0 heterocycles. The summed E-state index contributed by atoms with van der Waals surface area (Å²) in [5, 5.41) is 13.6. The number of anilines is 1. The van der Waals surface area contributed by atoms with E-state index in [1.807, 2.05) is 6.92 Å². The predicted molar refractivity (Wildman–Crippen MR) is 78.9 cm³/mol. The van der Waals surface area contributed by atoms with Gasteiger partial charge in [-0.2, -0.15) is 0 Å². The molecule has 0 aliphatic carbocycles. The number of carbonyl (C=O) groups excluding carboxylic acids is 1. The van der Waals surface area contributed by atoms with Crippen LogP contribution in [-0.2, 0) is 4.74 Å². The minimum Gasteiger partial charge on any atom is -0.383 e. The molecule has 1 amide bonds. The number of ether oxygens (including phenoxy) is 1. The van der Waals surface area contributed by atoms with Crippen LogP contribution in [0.25, 0.3) is 0 Å². The third-order valence-electron chi connectivity index (χ3n) is 2.95. The molecular weight excluding hydrogens is 276 g/mol. The zero-order valence-electron chi connectivity index (χ0n) is 12.1. The minimum absolute atomic E-state index is 0.129. The summed E-state index contributed by atoms with van der Waals surface area (Å²) in [5.41, 5.74) is 2.65. The van der Waals surface area contributed by atoms with Crippen LogP contribution in [-0.4, -0.2) is 30.6 Å². The van der Waals surface area contributed by atoms with E-state index in [1.54, 1.807) is 7.11 Å². The Hall–Kier alpha value is -2.19. The Kier molecular flexibility index (Phi) is 6.57. The first-order valence-electron chi connectivity index (χ1n) is 6.58. The number of nitro groups is 1. The molecule has 0 fully saturated rings. The smallest absolute Gasteiger partial charge is 0.270 e. The summed E-state index contributed by atoms with van der Waals surface area (Å²) in [6.07, 6.45) is 1.63. The third kappa shape index (κ3) is 4.69. The molecule has 1 rings (SSSR count). The van der Waals surface area contributed by atoms with Crippen molar-refractivity contribution in [1.29, 1.82) is 0 Å². The molecule has 0 aliphatic rings. The van der Waals surface area contributed by atoms with Crippen LogP contribution in [0.2, 0.25) is 0 Å². The average Bonchev–Trinajstić information content (AvgIpc) is 2.46. The number of rotatable bonds is 8. The number of hydrogen-bond donors (Lipinski definition) is 3. The summed E-state index contributed by atoms with van der Waals surface area (Å²) in [5.74, 6) is 4.91.